The van der Waals surface area contributed by atoms with Gasteiger partial charge in [0.25, 0.3) is 0 Å². The van der Waals surface area contributed by atoms with Crippen LogP contribution in [0.1, 0.15) is 37.7 Å². The molecule has 3 aromatic heterocycles. The average Bonchev–Trinajstić information content (AvgIpc) is 3.61. The molecule has 0 bridgehead atoms. The van der Waals surface area contributed by atoms with Crippen molar-refractivity contribution in [3.63, 3.8) is 0 Å². The van der Waals surface area contributed by atoms with Crippen molar-refractivity contribution in [3.8, 4) is 23.5 Å². The second-order valence-corrected chi connectivity index (χ2v) is 8.58. The van der Waals surface area contributed by atoms with Crippen LogP contribution < -0.4 is 0 Å². The van der Waals surface area contributed by atoms with Crippen LogP contribution in [0, 0.1) is 17.2 Å². The van der Waals surface area contributed by atoms with Crippen molar-refractivity contribution >= 4 is 10.9 Å². The topological polar surface area (TPSA) is 72.3 Å². The monoisotopic (exact) mass is 452 g/mol. The van der Waals surface area contributed by atoms with Crippen molar-refractivity contribution in [3.05, 3.63) is 60.7 Å². The predicted octanol–water partition coefficient (Wildman–Crippen LogP) is 5.80. The Morgan fingerprint density at radius 2 is 1.82 bits per heavy atom. The fraction of sp³-hybridized carbons (Fsp3) is 0.333. The summed E-state index contributed by atoms with van der Waals surface area (Å²) in [4.78, 5) is 4.50. The van der Waals surface area contributed by atoms with Crippen molar-refractivity contribution in [2.24, 2.45) is 12.5 Å². The molecule has 0 amide bonds. The number of hydrogen-bond donors (Lipinski definition) is 0. The van der Waals surface area contributed by atoms with Gasteiger partial charge in [0, 0.05) is 43.9 Å². The minimum atomic E-state index is -4.00. The lowest BCUT2D eigenvalue weighted by atomic mass is 10.1. The number of fused-ring (bicyclic) bond motifs is 1. The zero-order chi connectivity index (χ0) is 23.8. The molecule has 0 saturated heterocycles. The number of aryl methyl sites for hydroxylation is 1. The first-order chi connectivity index (χ1) is 15.7. The van der Waals surface area contributed by atoms with Gasteiger partial charge in [-0.05, 0) is 54.4 Å². The highest BCUT2D eigenvalue weighted by atomic mass is 19.4. The summed E-state index contributed by atoms with van der Waals surface area (Å²) in [5, 5.41) is 16.6. The minimum absolute atomic E-state index is 0.188. The fourth-order valence-corrected chi connectivity index (χ4v) is 4.25. The SMILES string of the molecule is C#N.CC(F)(F)F.Cn1cc(-c2cc(-n3ncc4ccc(C5CC56CC6)cc43)ccn2)cn1. The van der Waals surface area contributed by atoms with Crippen LogP contribution in [0.2, 0.25) is 0 Å². The van der Waals surface area contributed by atoms with Gasteiger partial charge in [0.1, 0.15) is 0 Å². The maximum absolute atomic E-state index is 10.4. The Bertz CT molecular complexity index is 1290. The third kappa shape index (κ3) is 4.90. The van der Waals surface area contributed by atoms with E-state index in [1.165, 1.54) is 35.7 Å². The Balaban J connectivity index is 0.000000331. The molecule has 4 aromatic rings. The quantitative estimate of drug-likeness (QED) is 0.394. The number of rotatable bonds is 3. The second-order valence-electron chi connectivity index (χ2n) is 8.58. The largest absolute Gasteiger partial charge is 0.386 e. The molecule has 170 valence electrons. The van der Waals surface area contributed by atoms with Gasteiger partial charge in [-0.2, -0.15) is 23.4 Å². The van der Waals surface area contributed by atoms with Gasteiger partial charge >= 0.3 is 6.18 Å². The zero-order valence-electron chi connectivity index (χ0n) is 18.3. The number of nitrogens with zero attached hydrogens (tertiary/aromatic N) is 6. The van der Waals surface area contributed by atoms with E-state index in [0.29, 0.717) is 5.41 Å². The lowest BCUT2D eigenvalue weighted by molar-refractivity contribution is -0.110. The average molecular weight is 452 g/mol. The third-order valence-electron chi connectivity index (χ3n) is 6.07. The van der Waals surface area contributed by atoms with Crippen molar-refractivity contribution in [1.29, 1.82) is 5.26 Å². The van der Waals surface area contributed by atoms with E-state index in [4.69, 9.17) is 5.26 Å². The Hall–Kier alpha value is -3.67. The van der Waals surface area contributed by atoms with Crippen molar-refractivity contribution in [2.75, 3.05) is 0 Å². The summed E-state index contributed by atoms with van der Waals surface area (Å²) in [5.41, 5.74) is 6.27. The molecule has 2 saturated carbocycles. The Labute approximate surface area is 189 Å². The summed E-state index contributed by atoms with van der Waals surface area (Å²) in [7, 11) is 1.92. The third-order valence-corrected chi connectivity index (χ3v) is 6.07. The van der Waals surface area contributed by atoms with Crippen LogP contribution in [-0.4, -0.2) is 30.7 Å². The number of aromatic nitrogens is 5. The Morgan fingerprint density at radius 3 is 2.42 bits per heavy atom. The molecule has 2 fully saturated rings. The molecule has 33 heavy (non-hydrogen) atoms. The van der Waals surface area contributed by atoms with Crippen LogP contribution >= 0.6 is 0 Å². The maximum atomic E-state index is 10.4. The van der Waals surface area contributed by atoms with Gasteiger partial charge in [-0.1, -0.05) is 12.1 Å². The molecule has 0 N–H and O–H groups in total. The van der Waals surface area contributed by atoms with Crippen molar-refractivity contribution in [2.45, 2.75) is 38.3 Å². The molecule has 0 radical (unpaired) electrons. The molecule has 1 aromatic carbocycles. The molecular formula is C24H23F3N6. The molecule has 0 aliphatic heterocycles. The van der Waals surface area contributed by atoms with Crippen LogP contribution in [0.3, 0.4) is 0 Å². The first kappa shape index (κ1) is 22.5. The molecule has 6 rings (SSSR count). The fourth-order valence-electron chi connectivity index (χ4n) is 4.25. The van der Waals surface area contributed by atoms with Gasteiger partial charge in [-0.15, -0.1) is 0 Å². The molecule has 1 atom stereocenters. The Morgan fingerprint density at radius 1 is 1.09 bits per heavy atom. The lowest BCUT2D eigenvalue weighted by Crippen LogP contribution is -1.97. The highest BCUT2D eigenvalue weighted by Gasteiger charge is 2.62. The molecule has 6 nitrogen and oxygen atoms in total. The molecular weight excluding hydrogens is 429 g/mol. The maximum Gasteiger partial charge on any atom is 0.386 e. The van der Waals surface area contributed by atoms with Gasteiger partial charge in [-0.3, -0.25) is 9.67 Å². The molecule has 2 aliphatic carbocycles. The van der Waals surface area contributed by atoms with E-state index < -0.39 is 6.18 Å². The summed E-state index contributed by atoms with van der Waals surface area (Å²) >= 11 is 0. The first-order valence-corrected chi connectivity index (χ1v) is 10.5. The standard InChI is InChI=1S/C21H19N5.C2H3F3.CHN/c1-25-13-16(12-23-25)19-9-17(4-7-22-19)26-20-8-14(2-3-15(20)11-24-26)18-10-21(18)5-6-21;1-2(3,4)5;1-2/h2-4,7-9,11-13,18H,5-6,10H2,1H3;1H3;1H. The second kappa shape index (κ2) is 8.35. The zero-order valence-corrected chi connectivity index (χ0v) is 18.3. The smallest absolute Gasteiger partial charge is 0.275 e. The number of benzene rings is 1. The molecule has 3 heterocycles. The number of halogens is 3. The van der Waals surface area contributed by atoms with Gasteiger partial charge in [-0.25, -0.2) is 9.94 Å². The normalized spacial score (nSPS) is 17.6. The number of nitriles is 1. The molecule has 9 heteroatoms. The van der Waals surface area contributed by atoms with E-state index in [0.717, 1.165) is 22.9 Å². The molecule has 1 unspecified atom stereocenters. The van der Waals surface area contributed by atoms with Crippen LogP contribution in [-0.2, 0) is 7.05 Å². The summed E-state index contributed by atoms with van der Waals surface area (Å²) < 4.78 is 34.9. The minimum Gasteiger partial charge on any atom is -0.275 e. The summed E-state index contributed by atoms with van der Waals surface area (Å²) in [5.74, 6) is 0.763. The van der Waals surface area contributed by atoms with Crippen molar-refractivity contribution in [1.82, 2.24) is 24.5 Å². The number of pyridine rings is 1. The summed E-state index contributed by atoms with van der Waals surface area (Å²) in [6, 6.07) is 10.9. The van der Waals surface area contributed by atoms with Crippen LogP contribution in [0.4, 0.5) is 13.2 Å². The van der Waals surface area contributed by atoms with E-state index in [1.807, 2.05) is 42.6 Å². The number of alkyl halides is 3. The van der Waals surface area contributed by atoms with Crippen LogP contribution in [0.5, 0.6) is 0 Å². The first-order valence-electron chi connectivity index (χ1n) is 10.5. The Kier molecular flexibility index (Phi) is 5.70. The summed E-state index contributed by atoms with van der Waals surface area (Å²) in [6.07, 6.45) is 7.80. The van der Waals surface area contributed by atoms with E-state index in [9.17, 15) is 13.2 Å². The van der Waals surface area contributed by atoms with Gasteiger partial charge < -0.3 is 0 Å². The van der Waals surface area contributed by atoms with Gasteiger partial charge in [0.2, 0.25) is 0 Å². The van der Waals surface area contributed by atoms with Crippen molar-refractivity contribution < 1.29 is 13.2 Å². The van der Waals surface area contributed by atoms with Gasteiger partial charge in [0.05, 0.1) is 29.3 Å². The van der Waals surface area contributed by atoms with E-state index >= 15 is 0 Å². The van der Waals surface area contributed by atoms with Crippen LogP contribution in [0.25, 0.3) is 27.8 Å². The highest BCUT2D eigenvalue weighted by Crippen LogP contribution is 2.75. The van der Waals surface area contributed by atoms with E-state index in [2.05, 4.69) is 46.0 Å². The van der Waals surface area contributed by atoms with E-state index in [1.54, 1.807) is 4.68 Å². The molecule has 1 spiro atoms. The van der Waals surface area contributed by atoms with Crippen LogP contribution in [0.15, 0.2) is 55.1 Å². The summed E-state index contributed by atoms with van der Waals surface area (Å²) in [6.45, 7) is 3.69. The van der Waals surface area contributed by atoms with Gasteiger partial charge in [0.15, 0.2) is 0 Å². The lowest BCUT2D eigenvalue weighted by Gasteiger charge is -2.07. The predicted molar refractivity (Wildman–Crippen MR) is 118 cm³/mol. The van der Waals surface area contributed by atoms with E-state index in [-0.39, 0.29) is 6.92 Å². The molecule has 2 aliphatic rings. The number of hydrogen-bond acceptors (Lipinski definition) is 4. The highest BCUT2D eigenvalue weighted by molar-refractivity contribution is 5.81.